The molecule has 5 heteroatoms. The van der Waals surface area contributed by atoms with E-state index in [9.17, 15) is 9.59 Å². The first-order valence-electron chi connectivity index (χ1n) is 7.42. The van der Waals surface area contributed by atoms with E-state index in [0.717, 1.165) is 11.1 Å². The van der Waals surface area contributed by atoms with Gasteiger partial charge < -0.3 is 9.47 Å². The summed E-state index contributed by atoms with van der Waals surface area (Å²) in [5.74, 6) is -1.02. The van der Waals surface area contributed by atoms with E-state index in [0.29, 0.717) is 16.2 Å². The lowest BCUT2D eigenvalue weighted by Crippen LogP contribution is -2.21. The first-order chi connectivity index (χ1) is 11.6. The molecule has 0 bridgehead atoms. The normalized spacial score (nSPS) is 17.0. The first-order valence-corrected chi connectivity index (χ1v) is 7.80. The molecule has 0 aliphatic carbocycles. The maximum atomic E-state index is 12.1. The van der Waals surface area contributed by atoms with Crippen molar-refractivity contribution in [2.75, 3.05) is 13.7 Å². The minimum absolute atomic E-state index is 0.184. The van der Waals surface area contributed by atoms with Gasteiger partial charge in [0.1, 0.15) is 6.61 Å². The quantitative estimate of drug-likeness (QED) is 0.795. The number of halogens is 1. The van der Waals surface area contributed by atoms with Crippen LogP contribution in [0.15, 0.2) is 54.6 Å². The van der Waals surface area contributed by atoms with E-state index < -0.39 is 5.97 Å². The number of benzene rings is 2. The molecule has 0 aromatic heterocycles. The summed E-state index contributed by atoms with van der Waals surface area (Å²) >= 11 is 5.90. The van der Waals surface area contributed by atoms with Gasteiger partial charge in [0.05, 0.1) is 18.2 Å². The zero-order valence-corrected chi connectivity index (χ0v) is 13.7. The molecular formula is C19H15ClO4. The second-order valence-corrected chi connectivity index (χ2v) is 5.81. The Balaban J connectivity index is 2.02. The molecule has 1 heterocycles. The minimum Gasteiger partial charge on any atom is -0.465 e. The van der Waals surface area contributed by atoms with Gasteiger partial charge in [0.25, 0.3) is 0 Å². The van der Waals surface area contributed by atoms with Crippen LogP contribution in [0.3, 0.4) is 0 Å². The van der Waals surface area contributed by atoms with Gasteiger partial charge in [-0.15, -0.1) is 0 Å². The zero-order chi connectivity index (χ0) is 17.1. The number of esters is 2. The lowest BCUT2D eigenvalue weighted by molar-refractivity contribution is -0.137. The van der Waals surface area contributed by atoms with Crippen molar-refractivity contribution in [3.8, 4) is 0 Å². The molecule has 0 N–H and O–H groups in total. The van der Waals surface area contributed by atoms with Gasteiger partial charge in [0, 0.05) is 10.9 Å². The number of carbonyl (C=O) groups excluding carboxylic acids is 2. The molecule has 24 heavy (non-hydrogen) atoms. The summed E-state index contributed by atoms with van der Waals surface area (Å²) in [6.07, 6.45) is 1.83. The molecule has 3 rings (SSSR count). The summed E-state index contributed by atoms with van der Waals surface area (Å²) in [4.78, 5) is 24.1. The molecule has 0 saturated carbocycles. The van der Waals surface area contributed by atoms with Crippen LogP contribution in [-0.4, -0.2) is 25.7 Å². The first kappa shape index (κ1) is 16.3. The third-order valence-corrected chi connectivity index (χ3v) is 4.15. The highest BCUT2D eigenvalue weighted by atomic mass is 35.5. The molecule has 0 spiro atoms. The number of hydrogen-bond donors (Lipinski definition) is 0. The predicted octanol–water partition coefficient (Wildman–Crippen LogP) is 3.85. The summed E-state index contributed by atoms with van der Waals surface area (Å²) in [5, 5.41) is 0.594. The average Bonchev–Trinajstić information content (AvgIpc) is 2.62. The summed E-state index contributed by atoms with van der Waals surface area (Å²) < 4.78 is 10.1. The van der Waals surface area contributed by atoms with Crippen LogP contribution >= 0.6 is 11.6 Å². The number of ether oxygens (including phenoxy) is 2. The largest absolute Gasteiger partial charge is 0.465 e. The van der Waals surface area contributed by atoms with E-state index in [1.807, 2.05) is 18.2 Å². The van der Waals surface area contributed by atoms with Crippen molar-refractivity contribution in [3.05, 3.63) is 76.3 Å². The van der Waals surface area contributed by atoms with E-state index in [2.05, 4.69) is 0 Å². The maximum absolute atomic E-state index is 12.1. The van der Waals surface area contributed by atoms with Gasteiger partial charge in [-0.3, -0.25) is 0 Å². The van der Waals surface area contributed by atoms with Crippen LogP contribution in [0, 0.1) is 0 Å². The highest BCUT2D eigenvalue weighted by Gasteiger charge is 2.27. The Morgan fingerprint density at radius 3 is 2.58 bits per heavy atom. The molecule has 0 fully saturated rings. The van der Waals surface area contributed by atoms with Crippen molar-refractivity contribution in [1.82, 2.24) is 0 Å². The van der Waals surface area contributed by atoms with Gasteiger partial charge in [0.15, 0.2) is 0 Å². The van der Waals surface area contributed by atoms with Crippen LogP contribution in [0.25, 0.3) is 5.57 Å². The zero-order valence-electron chi connectivity index (χ0n) is 13.0. The van der Waals surface area contributed by atoms with Crippen molar-refractivity contribution in [3.63, 3.8) is 0 Å². The van der Waals surface area contributed by atoms with Crippen molar-refractivity contribution >= 4 is 29.1 Å². The van der Waals surface area contributed by atoms with Crippen molar-refractivity contribution in [1.29, 1.82) is 0 Å². The van der Waals surface area contributed by atoms with Crippen LogP contribution in [0.4, 0.5) is 0 Å². The fraction of sp³-hybridized carbons (Fsp3) is 0.158. The molecule has 122 valence electrons. The summed E-state index contributed by atoms with van der Waals surface area (Å²) in [5.41, 5.74) is 2.42. The van der Waals surface area contributed by atoms with Crippen molar-refractivity contribution in [2.45, 2.75) is 5.92 Å². The SMILES string of the molecule is COC(=O)c1ccccc1C1C=C(c2ccc(Cl)cc2)C(=O)OC1. The fourth-order valence-electron chi connectivity index (χ4n) is 2.70. The Morgan fingerprint density at radius 1 is 1.17 bits per heavy atom. The Bertz CT molecular complexity index is 808. The highest BCUT2D eigenvalue weighted by molar-refractivity contribution is 6.30. The Hall–Kier alpha value is -2.59. The standard InChI is InChI=1S/C19H15ClO4/c1-23-18(21)16-5-3-2-4-15(16)13-10-17(19(22)24-11-13)12-6-8-14(20)9-7-12/h2-10,13H,11H2,1H3. The van der Waals surface area contributed by atoms with Crippen LogP contribution in [0.2, 0.25) is 5.02 Å². The second-order valence-electron chi connectivity index (χ2n) is 5.37. The Kier molecular flexibility index (Phi) is 4.67. The van der Waals surface area contributed by atoms with Gasteiger partial charge in [-0.05, 0) is 29.3 Å². The molecule has 1 unspecified atom stereocenters. The summed E-state index contributed by atoms with van der Waals surface area (Å²) in [6.45, 7) is 0.184. The molecule has 1 aliphatic rings. The molecule has 1 aliphatic heterocycles. The number of rotatable bonds is 3. The highest BCUT2D eigenvalue weighted by Crippen LogP contribution is 2.31. The summed E-state index contributed by atoms with van der Waals surface area (Å²) in [7, 11) is 1.34. The average molecular weight is 343 g/mol. The molecule has 0 saturated heterocycles. The maximum Gasteiger partial charge on any atom is 0.338 e. The van der Waals surface area contributed by atoms with E-state index in [1.54, 1.807) is 36.4 Å². The second kappa shape index (κ2) is 6.89. The number of cyclic esters (lactones) is 1. The van der Waals surface area contributed by atoms with Crippen LogP contribution in [0.1, 0.15) is 27.4 Å². The van der Waals surface area contributed by atoms with E-state index in [4.69, 9.17) is 21.1 Å². The van der Waals surface area contributed by atoms with Gasteiger partial charge in [0.2, 0.25) is 0 Å². The van der Waals surface area contributed by atoms with Gasteiger partial charge in [-0.1, -0.05) is 48.0 Å². The molecule has 2 aromatic rings. The van der Waals surface area contributed by atoms with Crippen LogP contribution in [-0.2, 0) is 14.3 Å². The molecule has 2 aromatic carbocycles. The van der Waals surface area contributed by atoms with Crippen molar-refractivity contribution < 1.29 is 19.1 Å². The topological polar surface area (TPSA) is 52.6 Å². The Labute approximate surface area is 144 Å². The number of carbonyl (C=O) groups is 2. The molecule has 0 amide bonds. The Morgan fingerprint density at radius 2 is 1.88 bits per heavy atom. The lowest BCUT2D eigenvalue weighted by atomic mass is 9.89. The molecule has 1 atom stereocenters. The van der Waals surface area contributed by atoms with E-state index in [1.165, 1.54) is 7.11 Å². The van der Waals surface area contributed by atoms with Gasteiger partial charge in [-0.2, -0.15) is 0 Å². The fourth-order valence-corrected chi connectivity index (χ4v) is 2.83. The number of hydrogen-bond acceptors (Lipinski definition) is 4. The molecule has 4 nitrogen and oxygen atoms in total. The lowest BCUT2D eigenvalue weighted by Gasteiger charge is -2.23. The third-order valence-electron chi connectivity index (χ3n) is 3.90. The van der Waals surface area contributed by atoms with Crippen molar-refractivity contribution in [2.24, 2.45) is 0 Å². The van der Waals surface area contributed by atoms with E-state index in [-0.39, 0.29) is 18.5 Å². The van der Waals surface area contributed by atoms with Gasteiger partial charge in [-0.25, -0.2) is 9.59 Å². The molecule has 0 radical (unpaired) electrons. The third kappa shape index (κ3) is 3.19. The number of methoxy groups -OCH3 is 1. The molecular weight excluding hydrogens is 328 g/mol. The van der Waals surface area contributed by atoms with Gasteiger partial charge >= 0.3 is 11.9 Å². The van der Waals surface area contributed by atoms with Crippen LogP contribution in [0.5, 0.6) is 0 Å². The predicted molar refractivity (Wildman–Crippen MR) is 90.9 cm³/mol. The van der Waals surface area contributed by atoms with Crippen LogP contribution < -0.4 is 0 Å². The van der Waals surface area contributed by atoms with E-state index >= 15 is 0 Å². The minimum atomic E-state index is -0.413. The smallest absolute Gasteiger partial charge is 0.338 e. The monoisotopic (exact) mass is 342 g/mol. The summed E-state index contributed by atoms with van der Waals surface area (Å²) in [6, 6.07) is 14.1.